The number of rotatable bonds is 5. The standard InChI is InChI=1S/C20H20N2O4S/c1-24-15-4-2-5-17-19(15)22-20(27-17)21-18(23)9-7-13-6-8-14-16(12-13)26-11-3-10-25-14/h2,4-6,8,12H,3,7,9-11H2,1H3,(H,21,22,23). The minimum Gasteiger partial charge on any atom is -0.494 e. The van der Waals surface area contributed by atoms with E-state index in [1.807, 2.05) is 36.4 Å². The highest BCUT2D eigenvalue weighted by Gasteiger charge is 2.13. The Bertz CT molecular complexity index is 970. The van der Waals surface area contributed by atoms with Crippen molar-refractivity contribution in [1.82, 2.24) is 4.98 Å². The Kier molecular flexibility index (Phi) is 5.11. The number of carbonyl (C=O) groups excluding carboxylic acids is 1. The molecule has 1 N–H and O–H groups in total. The first kappa shape index (κ1) is 17.6. The first-order chi connectivity index (χ1) is 13.2. The summed E-state index contributed by atoms with van der Waals surface area (Å²) in [5, 5.41) is 3.46. The number of anilines is 1. The lowest BCUT2D eigenvalue weighted by Gasteiger charge is -2.09. The third-order valence-corrected chi connectivity index (χ3v) is 5.24. The number of aromatic nitrogens is 1. The van der Waals surface area contributed by atoms with Crippen molar-refractivity contribution in [3.05, 3.63) is 42.0 Å². The van der Waals surface area contributed by atoms with Crippen molar-refractivity contribution >= 4 is 32.6 Å². The first-order valence-electron chi connectivity index (χ1n) is 8.85. The van der Waals surface area contributed by atoms with Gasteiger partial charge in [0.2, 0.25) is 5.91 Å². The maximum atomic E-state index is 12.3. The fourth-order valence-corrected chi connectivity index (χ4v) is 3.84. The van der Waals surface area contributed by atoms with Crippen molar-refractivity contribution < 1.29 is 19.0 Å². The molecule has 0 fully saturated rings. The number of amides is 1. The number of ether oxygens (including phenoxy) is 3. The maximum Gasteiger partial charge on any atom is 0.226 e. The molecule has 140 valence electrons. The lowest BCUT2D eigenvalue weighted by Crippen LogP contribution is -2.12. The molecule has 2 heterocycles. The van der Waals surface area contributed by atoms with Crippen LogP contribution in [-0.4, -0.2) is 31.2 Å². The third kappa shape index (κ3) is 3.98. The number of fused-ring (bicyclic) bond motifs is 2. The summed E-state index contributed by atoms with van der Waals surface area (Å²) in [5.74, 6) is 2.16. The number of para-hydroxylation sites is 1. The summed E-state index contributed by atoms with van der Waals surface area (Å²) in [6.07, 6.45) is 1.86. The van der Waals surface area contributed by atoms with Gasteiger partial charge in [-0.3, -0.25) is 4.79 Å². The highest BCUT2D eigenvalue weighted by Crippen LogP contribution is 2.33. The highest BCUT2D eigenvalue weighted by atomic mass is 32.1. The topological polar surface area (TPSA) is 69.7 Å². The third-order valence-electron chi connectivity index (χ3n) is 4.30. The fraction of sp³-hybridized carbons (Fsp3) is 0.300. The zero-order valence-corrected chi connectivity index (χ0v) is 15.8. The summed E-state index contributed by atoms with van der Waals surface area (Å²) in [5.41, 5.74) is 1.81. The Balaban J connectivity index is 1.39. The van der Waals surface area contributed by atoms with E-state index in [1.54, 1.807) is 7.11 Å². The van der Waals surface area contributed by atoms with E-state index in [0.29, 0.717) is 36.9 Å². The van der Waals surface area contributed by atoms with E-state index >= 15 is 0 Å². The van der Waals surface area contributed by atoms with Crippen LogP contribution in [0.3, 0.4) is 0 Å². The molecule has 2 aromatic carbocycles. The van der Waals surface area contributed by atoms with Gasteiger partial charge in [-0.05, 0) is 36.2 Å². The van der Waals surface area contributed by atoms with Gasteiger partial charge in [0.1, 0.15) is 11.3 Å². The molecule has 7 heteroatoms. The van der Waals surface area contributed by atoms with E-state index in [4.69, 9.17) is 14.2 Å². The molecule has 0 saturated heterocycles. The molecule has 1 aromatic heterocycles. The summed E-state index contributed by atoms with van der Waals surface area (Å²) >= 11 is 1.44. The minimum absolute atomic E-state index is 0.0693. The molecule has 0 spiro atoms. The van der Waals surface area contributed by atoms with E-state index in [1.165, 1.54) is 11.3 Å². The Morgan fingerprint density at radius 3 is 2.93 bits per heavy atom. The summed E-state index contributed by atoms with van der Waals surface area (Å²) in [7, 11) is 1.61. The number of aryl methyl sites for hydroxylation is 1. The smallest absolute Gasteiger partial charge is 0.226 e. The van der Waals surface area contributed by atoms with Gasteiger partial charge < -0.3 is 19.5 Å². The van der Waals surface area contributed by atoms with Gasteiger partial charge in [-0.25, -0.2) is 4.98 Å². The Morgan fingerprint density at radius 2 is 2.07 bits per heavy atom. The van der Waals surface area contributed by atoms with Gasteiger partial charge in [0, 0.05) is 12.8 Å². The quantitative estimate of drug-likeness (QED) is 0.719. The summed E-state index contributed by atoms with van der Waals surface area (Å²) in [6.45, 7) is 1.32. The zero-order valence-electron chi connectivity index (χ0n) is 15.0. The lowest BCUT2D eigenvalue weighted by molar-refractivity contribution is -0.116. The van der Waals surface area contributed by atoms with Crippen LogP contribution in [0.2, 0.25) is 0 Å². The van der Waals surface area contributed by atoms with Gasteiger partial charge in [0.25, 0.3) is 0 Å². The molecule has 0 aliphatic carbocycles. The molecule has 0 saturated carbocycles. The van der Waals surface area contributed by atoms with E-state index in [-0.39, 0.29) is 5.91 Å². The zero-order chi connectivity index (χ0) is 18.6. The predicted octanol–water partition coefficient (Wildman–Crippen LogP) is 4.04. The van der Waals surface area contributed by atoms with Gasteiger partial charge >= 0.3 is 0 Å². The molecule has 0 atom stereocenters. The number of hydrogen-bond acceptors (Lipinski definition) is 6. The van der Waals surface area contributed by atoms with Gasteiger partial charge in [-0.1, -0.05) is 23.5 Å². The van der Waals surface area contributed by atoms with E-state index in [0.717, 1.165) is 33.7 Å². The van der Waals surface area contributed by atoms with Crippen molar-refractivity contribution in [3.8, 4) is 17.2 Å². The van der Waals surface area contributed by atoms with Crippen molar-refractivity contribution in [3.63, 3.8) is 0 Å². The Morgan fingerprint density at radius 1 is 1.22 bits per heavy atom. The minimum atomic E-state index is -0.0693. The SMILES string of the molecule is COc1cccc2sc(NC(=O)CCc3ccc4c(c3)OCCCO4)nc12. The lowest BCUT2D eigenvalue weighted by atomic mass is 10.1. The summed E-state index contributed by atoms with van der Waals surface area (Å²) in [4.78, 5) is 16.8. The molecule has 0 radical (unpaired) electrons. The Labute approximate surface area is 161 Å². The first-order valence-corrected chi connectivity index (χ1v) is 9.66. The van der Waals surface area contributed by atoms with Crippen LogP contribution in [0.5, 0.6) is 17.2 Å². The van der Waals surface area contributed by atoms with Crippen molar-refractivity contribution in [1.29, 1.82) is 0 Å². The molecule has 4 rings (SSSR count). The Hall–Kier alpha value is -2.80. The van der Waals surface area contributed by atoms with Crippen LogP contribution >= 0.6 is 11.3 Å². The van der Waals surface area contributed by atoms with Gasteiger partial charge in [0.05, 0.1) is 25.0 Å². The summed E-state index contributed by atoms with van der Waals surface area (Å²) in [6, 6.07) is 11.6. The number of methoxy groups -OCH3 is 1. The molecule has 1 aliphatic heterocycles. The molecule has 3 aromatic rings. The number of nitrogens with zero attached hydrogens (tertiary/aromatic N) is 1. The van der Waals surface area contributed by atoms with Gasteiger partial charge in [-0.2, -0.15) is 0 Å². The second-order valence-electron chi connectivity index (χ2n) is 6.21. The number of hydrogen-bond donors (Lipinski definition) is 1. The van der Waals surface area contributed by atoms with Crippen LogP contribution in [0.15, 0.2) is 36.4 Å². The normalized spacial score (nSPS) is 13.2. The van der Waals surface area contributed by atoms with E-state index in [2.05, 4.69) is 10.3 Å². The molecule has 0 unspecified atom stereocenters. The second-order valence-corrected chi connectivity index (χ2v) is 7.24. The maximum absolute atomic E-state index is 12.3. The van der Waals surface area contributed by atoms with Gasteiger partial charge in [-0.15, -0.1) is 0 Å². The fourth-order valence-electron chi connectivity index (χ4n) is 2.94. The average molecular weight is 384 g/mol. The van der Waals surface area contributed by atoms with Crippen molar-refractivity contribution in [2.75, 3.05) is 25.6 Å². The predicted molar refractivity (Wildman–Crippen MR) is 105 cm³/mol. The van der Waals surface area contributed by atoms with Crippen molar-refractivity contribution in [2.45, 2.75) is 19.3 Å². The van der Waals surface area contributed by atoms with Crippen LogP contribution in [0.25, 0.3) is 10.2 Å². The number of benzene rings is 2. The monoisotopic (exact) mass is 384 g/mol. The van der Waals surface area contributed by atoms with E-state index in [9.17, 15) is 4.79 Å². The number of nitrogens with one attached hydrogen (secondary N) is 1. The second kappa shape index (κ2) is 7.84. The van der Waals surface area contributed by atoms with Gasteiger partial charge in [0.15, 0.2) is 16.6 Å². The van der Waals surface area contributed by atoms with Crippen LogP contribution < -0.4 is 19.5 Å². The summed E-state index contributed by atoms with van der Waals surface area (Å²) < 4.78 is 17.6. The van der Waals surface area contributed by atoms with E-state index < -0.39 is 0 Å². The molecule has 6 nitrogen and oxygen atoms in total. The molecule has 27 heavy (non-hydrogen) atoms. The van der Waals surface area contributed by atoms with Crippen LogP contribution in [0, 0.1) is 0 Å². The number of thiazole rings is 1. The molecular weight excluding hydrogens is 364 g/mol. The van der Waals surface area contributed by atoms with Crippen LogP contribution in [0.4, 0.5) is 5.13 Å². The average Bonchev–Trinajstić information content (AvgIpc) is 2.94. The largest absolute Gasteiger partial charge is 0.494 e. The van der Waals surface area contributed by atoms with Crippen LogP contribution in [0.1, 0.15) is 18.4 Å². The highest BCUT2D eigenvalue weighted by molar-refractivity contribution is 7.22. The molecule has 1 amide bonds. The molecule has 0 bridgehead atoms. The number of carbonyl (C=O) groups is 1. The molecular formula is C20H20N2O4S. The molecule has 1 aliphatic rings. The van der Waals surface area contributed by atoms with Crippen molar-refractivity contribution in [2.24, 2.45) is 0 Å². The van der Waals surface area contributed by atoms with Crippen LogP contribution in [-0.2, 0) is 11.2 Å².